The van der Waals surface area contributed by atoms with Gasteiger partial charge in [0, 0.05) is 31.9 Å². The van der Waals surface area contributed by atoms with E-state index in [1.54, 1.807) is 25.0 Å². The van der Waals surface area contributed by atoms with Gasteiger partial charge in [0.15, 0.2) is 0 Å². The number of hydrogen-bond acceptors (Lipinski definition) is 5. The highest BCUT2D eigenvalue weighted by molar-refractivity contribution is 7.98. The van der Waals surface area contributed by atoms with Crippen LogP contribution in [-0.4, -0.2) is 52.0 Å². The summed E-state index contributed by atoms with van der Waals surface area (Å²) in [6.07, 6.45) is 5.94. The summed E-state index contributed by atoms with van der Waals surface area (Å²) >= 11 is 1.57. The molecule has 206 valence electrons. The summed E-state index contributed by atoms with van der Waals surface area (Å²) in [6.45, 7) is 3.33. The molecule has 0 spiro atoms. The van der Waals surface area contributed by atoms with Crippen LogP contribution in [0.1, 0.15) is 33.5 Å². The molecule has 0 aliphatic heterocycles. The zero-order valence-corrected chi connectivity index (χ0v) is 24.0. The lowest BCUT2D eigenvalue weighted by Crippen LogP contribution is -2.43. The zero-order valence-electron chi connectivity index (χ0n) is 23.2. The number of anilines is 1. The summed E-state index contributed by atoms with van der Waals surface area (Å²) in [5.74, 6) is -0.636. The largest absolute Gasteiger partial charge is 0.480 e. The van der Waals surface area contributed by atoms with E-state index >= 15 is 0 Å². The summed E-state index contributed by atoms with van der Waals surface area (Å²) in [6, 6.07) is 27.2. The Hall–Kier alpha value is -4.10. The second-order valence-corrected chi connectivity index (χ2v) is 10.8. The van der Waals surface area contributed by atoms with E-state index < -0.39 is 12.0 Å². The highest BCUT2D eigenvalue weighted by Crippen LogP contribution is 2.31. The number of thioether (sulfide) groups is 1. The molecule has 1 heterocycles. The van der Waals surface area contributed by atoms with Gasteiger partial charge in [0.1, 0.15) is 6.04 Å². The number of aryl methyl sites for hydroxylation is 1. The Morgan fingerprint density at radius 1 is 0.900 bits per heavy atom. The molecule has 0 aliphatic carbocycles. The number of hydrogen-bond donors (Lipinski definition) is 1. The number of aliphatic carboxylic acids is 1. The van der Waals surface area contributed by atoms with Crippen LogP contribution in [0.2, 0.25) is 0 Å². The Labute approximate surface area is 240 Å². The van der Waals surface area contributed by atoms with Gasteiger partial charge in [0.05, 0.1) is 11.9 Å². The van der Waals surface area contributed by atoms with Crippen LogP contribution >= 0.6 is 11.8 Å². The van der Waals surface area contributed by atoms with E-state index in [0.717, 1.165) is 27.9 Å². The SMILES string of the molecule is CSCCC(C(=O)O)N(C)C(=O)c1ccc(CN(Cc2ccccc2)c2cccnc2)cc1-c1ccccc1C. The zero-order chi connectivity index (χ0) is 28.5. The monoisotopic (exact) mass is 553 g/mol. The van der Waals surface area contributed by atoms with E-state index in [1.807, 2.05) is 86.1 Å². The first-order valence-corrected chi connectivity index (χ1v) is 14.6. The third-order valence-electron chi connectivity index (χ3n) is 7.02. The first-order chi connectivity index (χ1) is 19.4. The van der Waals surface area contributed by atoms with E-state index in [9.17, 15) is 14.7 Å². The summed E-state index contributed by atoms with van der Waals surface area (Å²) in [7, 11) is 1.58. The Kier molecular flexibility index (Phi) is 9.97. The Bertz CT molecular complexity index is 1430. The molecule has 4 aromatic rings. The maximum absolute atomic E-state index is 13.8. The van der Waals surface area contributed by atoms with Crippen LogP contribution in [0, 0.1) is 6.92 Å². The number of carboxylic acid groups (broad SMARTS) is 1. The number of benzene rings is 3. The molecule has 7 heteroatoms. The minimum absolute atomic E-state index is 0.299. The van der Waals surface area contributed by atoms with Crippen molar-refractivity contribution < 1.29 is 14.7 Å². The molecule has 0 bridgehead atoms. The molecule has 0 aliphatic rings. The number of likely N-dealkylation sites (N-methyl/N-ethyl adjacent to an activating group) is 1. The van der Waals surface area contributed by atoms with Gasteiger partial charge >= 0.3 is 5.97 Å². The average Bonchev–Trinajstić information content (AvgIpc) is 2.97. The van der Waals surface area contributed by atoms with Gasteiger partial charge in [-0.25, -0.2) is 4.79 Å². The van der Waals surface area contributed by atoms with E-state index in [-0.39, 0.29) is 5.91 Å². The van der Waals surface area contributed by atoms with Crippen molar-refractivity contribution >= 4 is 29.3 Å². The van der Waals surface area contributed by atoms with E-state index in [0.29, 0.717) is 30.8 Å². The van der Waals surface area contributed by atoms with Crippen LogP contribution in [0.5, 0.6) is 0 Å². The molecule has 1 amide bonds. The van der Waals surface area contributed by atoms with Crippen molar-refractivity contribution in [2.24, 2.45) is 0 Å². The van der Waals surface area contributed by atoms with Crippen LogP contribution in [0.25, 0.3) is 11.1 Å². The third-order valence-corrected chi connectivity index (χ3v) is 7.66. The van der Waals surface area contributed by atoms with Gasteiger partial charge in [-0.2, -0.15) is 11.8 Å². The normalized spacial score (nSPS) is 11.6. The van der Waals surface area contributed by atoms with Crippen LogP contribution in [0.4, 0.5) is 5.69 Å². The third kappa shape index (κ3) is 7.10. The molecule has 1 unspecified atom stereocenters. The van der Waals surface area contributed by atoms with Crippen LogP contribution in [0.3, 0.4) is 0 Å². The number of rotatable bonds is 12. The summed E-state index contributed by atoms with van der Waals surface area (Å²) in [5, 5.41) is 9.86. The van der Waals surface area contributed by atoms with Crippen molar-refractivity contribution in [2.75, 3.05) is 24.0 Å². The molecule has 6 nitrogen and oxygen atoms in total. The number of pyridine rings is 1. The average molecular weight is 554 g/mol. The Morgan fingerprint density at radius 2 is 1.62 bits per heavy atom. The lowest BCUT2D eigenvalue weighted by molar-refractivity contribution is -0.142. The first kappa shape index (κ1) is 28.9. The molecule has 40 heavy (non-hydrogen) atoms. The van der Waals surface area contributed by atoms with E-state index in [1.165, 1.54) is 10.5 Å². The summed E-state index contributed by atoms with van der Waals surface area (Å²) in [4.78, 5) is 33.8. The molecule has 4 rings (SSSR count). The molecule has 0 saturated carbocycles. The number of carbonyl (C=O) groups is 2. The van der Waals surface area contributed by atoms with Gasteiger partial charge in [0.2, 0.25) is 0 Å². The molecular weight excluding hydrogens is 518 g/mol. The van der Waals surface area contributed by atoms with Crippen LogP contribution < -0.4 is 4.90 Å². The Balaban J connectivity index is 1.73. The van der Waals surface area contributed by atoms with Gasteiger partial charge in [0.25, 0.3) is 5.91 Å². The van der Waals surface area contributed by atoms with Crippen molar-refractivity contribution in [1.29, 1.82) is 0 Å². The smallest absolute Gasteiger partial charge is 0.326 e. The van der Waals surface area contributed by atoms with Crippen LogP contribution in [0.15, 0.2) is 97.3 Å². The van der Waals surface area contributed by atoms with Crippen LogP contribution in [-0.2, 0) is 17.9 Å². The van der Waals surface area contributed by atoms with Crippen molar-refractivity contribution in [2.45, 2.75) is 32.5 Å². The molecule has 1 atom stereocenters. The molecular formula is C33H35N3O3S. The lowest BCUT2D eigenvalue weighted by atomic mass is 9.93. The number of carbonyl (C=O) groups excluding carboxylic acids is 1. The number of aromatic nitrogens is 1. The van der Waals surface area contributed by atoms with Crippen molar-refractivity contribution in [3.63, 3.8) is 0 Å². The second kappa shape index (κ2) is 13.8. The van der Waals surface area contributed by atoms with Crippen molar-refractivity contribution in [3.8, 4) is 11.1 Å². The number of nitrogens with zero attached hydrogens (tertiary/aromatic N) is 3. The highest BCUT2D eigenvalue weighted by atomic mass is 32.2. The van der Waals surface area contributed by atoms with Gasteiger partial charge in [-0.05, 0) is 77.4 Å². The first-order valence-electron chi connectivity index (χ1n) is 13.3. The maximum Gasteiger partial charge on any atom is 0.326 e. The minimum atomic E-state index is -0.994. The summed E-state index contributed by atoms with van der Waals surface area (Å²) in [5.41, 5.74) is 6.51. The fourth-order valence-electron chi connectivity index (χ4n) is 4.82. The van der Waals surface area contributed by atoms with Gasteiger partial charge in [-0.15, -0.1) is 0 Å². The summed E-state index contributed by atoms with van der Waals surface area (Å²) < 4.78 is 0. The quantitative estimate of drug-likeness (QED) is 0.215. The standard InChI is InChI=1S/C33H35N3O3S/c1-24-10-7-8-14-28(24)30-20-26(15-16-29(30)32(37)35(2)31(33(38)39)17-19-40-3)23-36(27-13-9-18-34-21-27)22-25-11-5-4-6-12-25/h4-16,18,20-21,31H,17,19,22-23H2,1-3H3,(H,38,39). The Morgan fingerprint density at radius 3 is 2.30 bits per heavy atom. The molecule has 1 N–H and O–H groups in total. The van der Waals surface area contributed by atoms with E-state index in [2.05, 4.69) is 28.1 Å². The topological polar surface area (TPSA) is 73.7 Å². The van der Waals surface area contributed by atoms with Gasteiger partial charge in [-0.1, -0.05) is 60.7 Å². The lowest BCUT2D eigenvalue weighted by Gasteiger charge is -2.27. The second-order valence-electron chi connectivity index (χ2n) is 9.80. The molecule has 3 aromatic carbocycles. The van der Waals surface area contributed by atoms with Crippen molar-refractivity contribution in [1.82, 2.24) is 9.88 Å². The van der Waals surface area contributed by atoms with E-state index in [4.69, 9.17) is 0 Å². The highest BCUT2D eigenvalue weighted by Gasteiger charge is 2.28. The minimum Gasteiger partial charge on any atom is -0.480 e. The van der Waals surface area contributed by atoms with Gasteiger partial charge in [-0.3, -0.25) is 9.78 Å². The fraction of sp³-hybridized carbons (Fsp3) is 0.242. The molecule has 0 saturated heterocycles. The fourth-order valence-corrected chi connectivity index (χ4v) is 5.28. The number of carboxylic acids is 1. The molecule has 1 aromatic heterocycles. The van der Waals surface area contributed by atoms with Crippen molar-refractivity contribution in [3.05, 3.63) is 120 Å². The predicted octanol–water partition coefficient (Wildman–Crippen LogP) is 6.54. The molecule has 0 radical (unpaired) electrons. The predicted molar refractivity (Wildman–Crippen MR) is 164 cm³/mol. The van der Waals surface area contributed by atoms with Gasteiger partial charge < -0.3 is 14.9 Å². The number of amides is 1. The maximum atomic E-state index is 13.8. The molecule has 0 fully saturated rings.